The van der Waals surface area contributed by atoms with Crippen LogP contribution in [0.4, 0.5) is 11.4 Å². The molecule has 0 radical (unpaired) electrons. The normalized spacial score (nSPS) is 23.1. The van der Waals surface area contributed by atoms with Gasteiger partial charge in [-0.3, -0.25) is 19.5 Å². The second-order valence-corrected chi connectivity index (χ2v) is 8.78. The van der Waals surface area contributed by atoms with E-state index in [9.17, 15) is 9.59 Å². The lowest BCUT2D eigenvalue weighted by molar-refractivity contribution is -0.120. The van der Waals surface area contributed by atoms with Gasteiger partial charge in [0, 0.05) is 61.6 Å². The number of fused-ring (bicyclic) bond motifs is 2. The van der Waals surface area contributed by atoms with Crippen molar-refractivity contribution >= 4 is 23.2 Å². The number of nitrogens with zero attached hydrogens (tertiary/aromatic N) is 3. The first kappa shape index (κ1) is 21.3. The first-order chi connectivity index (χ1) is 15.0. The van der Waals surface area contributed by atoms with Gasteiger partial charge in [-0.2, -0.15) is 0 Å². The lowest BCUT2D eigenvalue weighted by Gasteiger charge is -2.48. The number of nitrogens with one attached hydrogen (secondary N) is 2. The molecule has 2 saturated heterocycles. The molecule has 2 N–H and O–H groups in total. The number of hydrogen-bond donors (Lipinski definition) is 2. The fourth-order valence-corrected chi connectivity index (χ4v) is 4.84. The summed E-state index contributed by atoms with van der Waals surface area (Å²) in [6.45, 7) is 0.399. The van der Waals surface area contributed by atoms with Crippen molar-refractivity contribution in [1.29, 1.82) is 0 Å². The van der Waals surface area contributed by atoms with Crippen molar-refractivity contribution in [1.82, 2.24) is 15.2 Å². The number of benzene rings is 1. The van der Waals surface area contributed by atoms with Crippen molar-refractivity contribution in [3.8, 4) is 0 Å². The Morgan fingerprint density at radius 1 is 1.03 bits per heavy atom. The van der Waals surface area contributed by atoms with E-state index < -0.39 is 0 Å². The van der Waals surface area contributed by atoms with Gasteiger partial charge in [-0.25, -0.2) is 0 Å². The molecular formula is C24H31N5O2. The molecule has 2 atom stereocenters. The van der Waals surface area contributed by atoms with Crippen molar-refractivity contribution in [2.24, 2.45) is 0 Å². The Bertz CT molecular complexity index is 886. The molecule has 2 bridgehead atoms. The Morgan fingerprint density at radius 2 is 1.68 bits per heavy atom. The summed E-state index contributed by atoms with van der Waals surface area (Å²) in [5.74, 6) is -0.0217. The number of carbonyl (C=O) groups is 2. The first-order valence-electron chi connectivity index (χ1n) is 11.0. The topological polar surface area (TPSA) is 77.6 Å². The number of hydrogen-bond acceptors (Lipinski definition) is 5. The van der Waals surface area contributed by atoms with Crippen LogP contribution in [0.3, 0.4) is 0 Å². The van der Waals surface area contributed by atoms with Crippen LogP contribution in [0, 0.1) is 0 Å². The molecule has 7 heteroatoms. The molecule has 7 nitrogen and oxygen atoms in total. The van der Waals surface area contributed by atoms with Gasteiger partial charge >= 0.3 is 0 Å². The molecule has 2 aliphatic heterocycles. The maximum absolute atomic E-state index is 12.7. The van der Waals surface area contributed by atoms with E-state index in [0.717, 1.165) is 37.1 Å². The second-order valence-electron chi connectivity index (χ2n) is 8.78. The third-order valence-electron chi connectivity index (χ3n) is 6.40. The van der Waals surface area contributed by atoms with Gasteiger partial charge in [0.1, 0.15) is 0 Å². The molecule has 4 rings (SSSR count). The minimum atomic E-state index is -0.0437. The van der Waals surface area contributed by atoms with E-state index in [1.165, 1.54) is 6.42 Å². The highest BCUT2D eigenvalue weighted by Gasteiger charge is 2.39. The highest BCUT2D eigenvalue weighted by molar-refractivity contribution is 5.94. The van der Waals surface area contributed by atoms with Crippen molar-refractivity contribution in [2.45, 2.75) is 50.2 Å². The van der Waals surface area contributed by atoms with Gasteiger partial charge in [-0.15, -0.1) is 0 Å². The van der Waals surface area contributed by atoms with Crippen molar-refractivity contribution in [3.05, 3.63) is 54.4 Å². The Hall–Kier alpha value is -2.93. The van der Waals surface area contributed by atoms with E-state index in [0.29, 0.717) is 24.2 Å². The SMILES string of the molecule is CN(C)c1ccc(NC(=O)CN2C3CCCC2CC(NC(=O)c2ccncc2)C3)cc1. The van der Waals surface area contributed by atoms with E-state index in [2.05, 4.69) is 20.5 Å². The average Bonchev–Trinajstić information content (AvgIpc) is 2.75. The molecule has 0 aliphatic carbocycles. The quantitative estimate of drug-likeness (QED) is 0.750. The molecule has 1 aromatic carbocycles. The zero-order valence-corrected chi connectivity index (χ0v) is 18.3. The Morgan fingerprint density at radius 3 is 2.29 bits per heavy atom. The number of carbonyl (C=O) groups excluding carboxylic acids is 2. The smallest absolute Gasteiger partial charge is 0.251 e. The molecule has 2 aliphatic rings. The minimum absolute atomic E-state index is 0.0220. The third kappa shape index (κ3) is 5.22. The standard InChI is InChI=1S/C24H31N5O2/c1-28(2)20-8-6-18(7-9-20)26-23(30)16-29-21-4-3-5-22(29)15-19(14-21)27-24(31)17-10-12-25-13-11-17/h6-13,19,21-22H,3-5,14-16H2,1-2H3,(H,26,30)(H,27,31). The molecule has 2 aromatic rings. The summed E-state index contributed by atoms with van der Waals surface area (Å²) < 4.78 is 0. The Kier molecular flexibility index (Phi) is 6.51. The number of piperidine rings is 2. The summed E-state index contributed by atoms with van der Waals surface area (Å²) in [5, 5.41) is 6.23. The molecule has 2 fully saturated rings. The first-order valence-corrected chi connectivity index (χ1v) is 11.0. The summed E-state index contributed by atoms with van der Waals surface area (Å²) in [4.78, 5) is 33.6. The van der Waals surface area contributed by atoms with Crippen molar-refractivity contribution < 1.29 is 9.59 Å². The number of rotatable bonds is 6. The maximum Gasteiger partial charge on any atom is 0.251 e. The van der Waals surface area contributed by atoms with Crippen LogP contribution in [0.1, 0.15) is 42.5 Å². The van der Waals surface area contributed by atoms with Crippen LogP contribution in [0.25, 0.3) is 0 Å². The largest absolute Gasteiger partial charge is 0.378 e. The summed E-state index contributed by atoms with van der Waals surface area (Å²) in [6.07, 6.45) is 8.38. The van der Waals surface area contributed by atoms with Crippen molar-refractivity contribution in [3.63, 3.8) is 0 Å². The molecule has 164 valence electrons. The average molecular weight is 422 g/mol. The Labute approximate surface area is 183 Å². The molecule has 1 aromatic heterocycles. The van der Waals surface area contributed by atoms with E-state index in [-0.39, 0.29) is 17.9 Å². The summed E-state index contributed by atoms with van der Waals surface area (Å²) in [5.41, 5.74) is 2.56. The monoisotopic (exact) mass is 421 g/mol. The summed E-state index contributed by atoms with van der Waals surface area (Å²) >= 11 is 0. The molecule has 2 unspecified atom stereocenters. The van der Waals surface area contributed by atoms with Gasteiger partial charge in [0.25, 0.3) is 5.91 Å². The summed E-state index contributed by atoms with van der Waals surface area (Å²) in [7, 11) is 3.99. The Balaban J connectivity index is 1.33. The van der Waals surface area contributed by atoms with E-state index >= 15 is 0 Å². The van der Waals surface area contributed by atoms with Crippen molar-refractivity contribution in [2.75, 3.05) is 30.9 Å². The van der Waals surface area contributed by atoms with Gasteiger partial charge in [-0.05, 0) is 62.1 Å². The van der Waals surface area contributed by atoms with Crippen LogP contribution < -0.4 is 15.5 Å². The second kappa shape index (κ2) is 9.47. The highest BCUT2D eigenvalue weighted by Crippen LogP contribution is 2.34. The molecule has 0 spiro atoms. The fraction of sp³-hybridized carbons (Fsp3) is 0.458. The predicted octanol–water partition coefficient (Wildman–Crippen LogP) is 2.90. The van der Waals surface area contributed by atoms with Crippen LogP contribution in [-0.2, 0) is 4.79 Å². The van der Waals surface area contributed by atoms with Crippen LogP contribution >= 0.6 is 0 Å². The molecule has 2 amide bonds. The third-order valence-corrected chi connectivity index (χ3v) is 6.40. The lowest BCUT2D eigenvalue weighted by Crippen LogP contribution is -2.58. The van der Waals surface area contributed by atoms with E-state index in [1.54, 1.807) is 24.5 Å². The zero-order chi connectivity index (χ0) is 21.8. The number of amides is 2. The van der Waals surface area contributed by atoms with Gasteiger partial charge in [-0.1, -0.05) is 6.42 Å². The molecule has 31 heavy (non-hydrogen) atoms. The van der Waals surface area contributed by atoms with E-state index in [4.69, 9.17) is 0 Å². The van der Waals surface area contributed by atoms with E-state index in [1.807, 2.05) is 43.3 Å². The molecular weight excluding hydrogens is 390 g/mol. The lowest BCUT2D eigenvalue weighted by atomic mass is 9.81. The van der Waals surface area contributed by atoms with Gasteiger partial charge < -0.3 is 15.5 Å². The maximum atomic E-state index is 12.7. The van der Waals surface area contributed by atoms with Gasteiger partial charge in [0.2, 0.25) is 5.91 Å². The summed E-state index contributed by atoms with van der Waals surface area (Å²) in [6, 6.07) is 12.2. The van der Waals surface area contributed by atoms with Gasteiger partial charge in [0.15, 0.2) is 0 Å². The van der Waals surface area contributed by atoms with Crippen LogP contribution in [-0.4, -0.2) is 60.5 Å². The highest BCUT2D eigenvalue weighted by atomic mass is 16.2. The predicted molar refractivity (Wildman–Crippen MR) is 122 cm³/mol. The van der Waals surface area contributed by atoms with Gasteiger partial charge in [0.05, 0.1) is 6.54 Å². The number of aromatic nitrogens is 1. The number of pyridine rings is 1. The van der Waals surface area contributed by atoms with Crippen LogP contribution in [0.5, 0.6) is 0 Å². The van der Waals surface area contributed by atoms with Crippen LogP contribution in [0.2, 0.25) is 0 Å². The zero-order valence-electron chi connectivity index (χ0n) is 18.3. The molecule has 3 heterocycles. The molecule has 0 saturated carbocycles. The van der Waals surface area contributed by atoms with Crippen LogP contribution in [0.15, 0.2) is 48.8 Å². The number of anilines is 2. The fourth-order valence-electron chi connectivity index (χ4n) is 4.84. The minimum Gasteiger partial charge on any atom is -0.378 e.